The predicted octanol–water partition coefficient (Wildman–Crippen LogP) is 2.58. The Kier molecular flexibility index (Phi) is 4.13. The maximum absolute atomic E-state index is 7.84. The summed E-state index contributed by atoms with van der Waals surface area (Å²) in [4.78, 5) is 0. The van der Waals surface area contributed by atoms with Crippen LogP contribution in [-0.2, 0) is 7.05 Å². The van der Waals surface area contributed by atoms with Gasteiger partial charge >= 0.3 is 8.37 Å². The van der Waals surface area contributed by atoms with E-state index in [1.54, 1.807) is 6.92 Å². The third-order valence-electron chi connectivity index (χ3n) is 4.21. The van der Waals surface area contributed by atoms with Crippen molar-refractivity contribution < 1.29 is 8.90 Å². The van der Waals surface area contributed by atoms with Crippen LogP contribution in [0.15, 0.2) is 60.9 Å². The first-order valence-corrected chi connectivity index (χ1v) is 9.66. The van der Waals surface area contributed by atoms with E-state index < -0.39 is 8.37 Å². The number of rotatable bonds is 3. The second kappa shape index (κ2) is 6.46. The van der Waals surface area contributed by atoms with Crippen molar-refractivity contribution in [3.05, 3.63) is 72.3 Å². The van der Waals surface area contributed by atoms with Crippen LogP contribution in [0.2, 0.25) is 0 Å². The van der Waals surface area contributed by atoms with Gasteiger partial charge in [-0.05, 0) is 38.1 Å². The minimum absolute atomic E-state index is 0.520. The van der Waals surface area contributed by atoms with E-state index in [9.17, 15) is 0 Å². The monoisotopic (exact) mass is 364 g/mol. The van der Waals surface area contributed by atoms with Gasteiger partial charge in [-0.15, -0.1) is 4.34 Å². The minimum atomic E-state index is -0.968. The van der Waals surface area contributed by atoms with Crippen molar-refractivity contribution in [3.8, 4) is 11.4 Å². The molecule has 0 bridgehead atoms. The highest BCUT2D eigenvalue weighted by Gasteiger charge is 2.40. The topological polar surface area (TPSA) is 61.5 Å². The number of allylic oxidation sites excluding steroid dienone is 1. The van der Waals surface area contributed by atoms with Crippen molar-refractivity contribution >= 4 is 19.8 Å². The molecule has 3 aromatic heterocycles. The normalized spacial score (nSPS) is 17.2. The molecule has 0 amide bonds. The molecule has 0 radical (unpaired) electrons. The fraction of sp³-hybridized carbons (Fsp3) is 0.158. The van der Waals surface area contributed by atoms with Crippen LogP contribution in [0.5, 0.6) is 0 Å². The van der Waals surface area contributed by atoms with Gasteiger partial charge in [-0.25, -0.2) is 0 Å². The molecule has 1 atom stereocenters. The van der Waals surface area contributed by atoms with E-state index in [1.165, 1.54) is 0 Å². The smallest absolute Gasteiger partial charge is 0.306 e. The van der Waals surface area contributed by atoms with E-state index in [-0.39, 0.29) is 0 Å². The molecule has 0 fully saturated rings. The van der Waals surface area contributed by atoms with Gasteiger partial charge in [-0.2, -0.15) is 14.1 Å². The highest BCUT2D eigenvalue weighted by atomic mass is 31.1. The Morgan fingerprint density at radius 1 is 1.19 bits per heavy atom. The largest absolute Gasteiger partial charge is 0.437 e. The van der Waals surface area contributed by atoms with Gasteiger partial charge in [-0.3, -0.25) is 5.09 Å². The summed E-state index contributed by atoms with van der Waals surface area (Å²) in [5.41, 5.74) is 5.70. The lowest BCUT2D eigenvalue weighted by Crippen LogP contribution is -2.34. The van der Waals surface area contributed by atoms with E-state index in [2.05, 4.69) is 42.8 Å². The molecule has 26 heavy (non-hydrogen) atoms. The maximum atomic E-state index is 7.84. The lowest BCUT2D eigenvalue weighted by molar-refractivity contribution is -0.660. The van der Waals surface area contributed by atoms with Gasteiger partial charge in [0.25, 0.3) is 0 Å². The molecular weight excluding hydrogens is 343 g/mol. The molecule has 1 aliphatic rings. The van der Waals surface area contributed by atoms with Gasteiger partial charge < -0.3 is 5.41 Å². The summed E-state index contributed by atoms with van der Waals surface area (Å²) in [5, 5.41) is 16.2. The molecule has 0 unspecified atom stereocenters. The van der Waals surface area contributed by atoms with E-state index in [4.69, 9.17) is 10.5 Å². The summed E-state index contributed by atoms with van der Waals surface area (Å²) < 4.78 is 6.39. The van der Waals surface area contributed by atoms with Gasteiger partial charge in [-0.1, -0.05) is 0 Å². The van der Waals surface area contributed by atoms with E-state index in [0.717, 1.165) is 28.5 Å². The van der Waals surface area contributed by atoms with Gasteiger partial charge in [0.05, 0.1) is 5.69 Å². The molecule has 130 valence electrons. The Bertz CT molecular complexity index is 1040. The van der Waals surface area contributed by atoms with Crippen LogP contribution in [-0.4, -0.2) is 15.3 Å². The van der Waals surface area contributed by atoms with Crippen molar-refractivity contribution in [3.63, 3.8) is 0 Å². The summed E-state index contributed by atoms with van der Waals surface area (Å²) >= 11 is 0. The van der Waals surface area contributed by atoms with Crippen LogP contribution < -0.4 is 14.0 Å². The van der Waals surface area contributed by atoms with Gasteiger partial charge in [0, 0.05) is 30.0 Å². The molecule has 0 spiro atoms. The second-order valence-corrected chi connectivity index (χ2v) is 7.94. The van der Waals surface area contributed by atoms with E-state index >= 15 is 0 Å². The molecule has 4 rings (SSSR count). The zero-order chi connectivity index (χ0) is 18.3. The molecular formula is C19H21N6P+2. The molecule has 3 aromatic rings. The summed E-state index contributed by atoms with van der Waals surface area (Å²) in [6.07, 6.45) is 5.98. The summed E-state index contributed by atoms with van der Waals surface area (Å²) in [6.45, 7) is 3.80. The average molecular weight is 364 g/mol. The molecule has 6 nitrogen and oxygen atoms in total. The molecule has 7 heteroatoms. The van der Waals surface area contributed by atoms with Crippen LogP contribution in [0.1, 0.15) is 18.3 Å². The number of hydrogen-bond donors (Lipinski definition) is 2. The first-order chi connectivity index (χ1) is 12.5. The summed E-state index contributed by atoms with van der Waals surface area (Å²) in [6, 6.07) is 14.4. The van der Waals surface area contributed by atoms with Crippen LogP contribution in [0.25, 0.3) is 17.1 Å². The Balaban J connectivity index is 1.88. The van der Waals surface area contributed by atoms with Crippen molar-refractivity contribution in [2.24, 2.45) is 7.05 Å². The van der Waals surface area contributed by atoms with E-state index in [1.807, 2.05) is 50.5 Å². The zero-order valence-corrected chi connectivity index (χ0v) is 15.9. The average Bonchev–Trinajstić information content (AvgIpc) is 3.16. The highest BCUT2D eigenvalue weighted by Crippen LogP contribution is 2.40. The third kappa shape index (κ3) is 2.82. The number of fused-ring (bicyclic) bond motifs is 1. The zero-order valence-electron chi connectivity index (χ0n) is 15.0. The van der Waals surface area contributed by atoms with Crippen molar-refractivity contribution in [1.29, 1.82) is 5.41 Å². The molecule has 0 saturated heterocycles. The number of hydrogen-bond acceptors (Lipinski definition) is 3. The number of aromatic nitrogens is 4. The SMILES string of the molecule is CC(=N)/C=C1\N[P@](n2nc(C)cc2-c2cccc[n+]2C)[n+]2ccccc21. The molecule has 4 heterocycles. The quantitative estimate of drug-likeness (QED) is 0.426. The van der Waals surface area contributed by atoms with Gasteiger partial charge in [0.15, 0.2) is 12.4 Å². The van der Waals surface area contributed by atoms with Crippen molar-refractivity contribution in [1.82, 2.24) is 14.6 Å². The molecule has 2 N–H and O–H groups in total. The first kappa shape index (κ1) is 16.6. The first-order valence-electron chi connectivity index (χ1n) is 8.41. The second-order valence-electron chi connectivity index (χ2n) is 6.33. The maximum Gasteiger partial charge on any atom is 0.437 e. The minimum Gasteiger partial charge on any atom is -0.306 e. The molecule has 0 saturated carbocycles. The Morgan fingerprint density at radius 2 is 1.92 bits per heavy atom. The number of nitrogens with zero attached hydrogens (tertiary/aromatic N) is 4. The fourth-order valence-electron chi connectivity index (χ4n) is 3.09. The van der Waals surface area contributed by atoms with Crippen LogP contribution >= 0.6 is 8.37 Å². The highest BCUT2D eigenvalue weighted by molar-refractivity contribution is 7.47. The summed E-state index contributed by atoms with van der Waals surface area (Å²) in [5.74, 6) is 0. The predicted molar refractivity (Wildman–Crippen MR) is 102 cm³/mol. The number of nitrogens with one attached hydrogen (secondary N) is 2. The van der Waals surface area contributed by atoms with Crippen LogP contribution in [0.4, 0.5) is 0 Å². The fourth-order valence-corrected chi connectivity index (χ4v) is 5.04. The van der Waals surface area contributed by atoms with Crippen LogP contribution in [0.3, 0.4) is 0 Å². The standard InChI is InChI=1S/C19H21N6P/c1-14(20)12-16-17-8-5-7-11-24(17)26(22-16)25-19(13-15(2)21-25)18-9-4-6-10-23(18)3/h4-13,20,22H,1-3H3/q+2/b16-12-,20-14?/t26-/m0/s1. The Labute approximate surface area is 153 Å². The van der Waals surface area contributed by atoms with Crippen LogP contribution in [0, 0.1) is 12.3 Å². The lowest BCUT2D eigenvalue weighted by atomic mass is 10.2. The van der Waals surface area contributed by atoms with Crippen molar-refractivity contribution in [2.75, 3.05) is 0 Å². The molecule has 0 aliphatic carbocycles. The van der Waals surface area contributed by atoms with Gasteiger partial charge in [0.2, 0.25) is 11.4 Å². The van der Waals surface area contributed by atoms with Crippen molar-refractivity contribution in [2.45, 2.75) is 13.8 Å². The van der Waals surface area contributed by atoms with Gasteiger partial charge in [0.1, 0.15) is 18.4 Å². The summed E-state index contributed by atoms with van der Waals surface area (Å²) in [7, 11) is 1.08. The number of pyridine rings is 2. The molecule has 0 aromatic carbocycles. The van der Waals surface area contributed by atoms with E-state index in [0.29, 0.717) is 5.71 Å². The molecule has 1 aliphatic heterocycles. The Morgan fingerprint density at radius 3 is 2.65 bits per heavy atom. The third-order valence-corrected chi connectivity index (χ3v) is 6.07. The lowest BCUT2D eigenvalue weighted by Gasteiger charge is -2.08. The number of aryl methyl sites for hydroxylation is 2. The Hall–Kier alpha value is -2.85.